The van der Waals surface area contributed by atoms with Gasteiger partial charge >= 0.3 is 5.97 Å². The molecule has 112 valence electrons. The van der Waals surface area contributed by atoms with Crippen LogP contribution >= 0.6 is 0 Å². The average Bonchev–Trinajstić information content (AvgIpc) is 2.41. The number of hydrogen-bond donors (Lipinski definition) is 1. The van der Waals surface area contributed by atoms with Gasteiger partial charge in [0, 0.05) is 0 Å². The zero-order valence-corrected chi connectivity index (χ0v) is 12.6. The van der Waals surface area contributed by atoms with Gasteiger partial charge in [-0.3, -0.25) is 0 Å². The minimum atomic E-state index is -0.542. The highest BCUT2D eigenvalue weighted by molar-refractivity contribution is 5.75. The van der Waals surface area contributed by atoms with Gasteiger partial charge in [0.1, 0.15) is 5.75 Å². The number of carbonyl (C=O) groups excluding carboxylic acids is 1. The van der Waals surface area contributed by atoms with Crippen molar-refractivity contribution in [2.24, 2.45) is 5.73 Å². The zero-order chi connectivity index (χ0) is 15.0. The fourth-order valence-corrected chi connectivity index (χ4v) is 2.05. The molecule has 1 unspecified atom stereocenters. The molecule has 0 aliphatic carbocycles. The maximum Gasteiger partial charge on any atom is 0.347 e. The van der Waals surface area contributed by atoms with E-state index < -0.39 is 6.10 Å². The summed E-state index contributed by atoms with van der Waals surface area (Å²) < 4.78 is 10.9. The summed E-state index contributed by atoms with van der Waals surface area (Å²) in [6, 6.07) is 5.93. The van der Waals surface area contributed by atoms with Crippen LogP contribution in [0.25, 0.3) is 0 Å². The summed E-state index contributed by atoms with van der Waals surface area (Å²) in [5, 5.41) is 0. The van der Waals surface area contributed by atoms with Crippen molar-refractivity contribution in [1.29, 1.82) is 0 Å². The van der Waals surface area contributed by atoms with E-state index in [9.17, 15) is 4.79 Å². The van der Waals surface area contributed by atoms with Gasteiger partial charge in [-0.05, 0) is 44.9 Å². The first-order valence-corrected chi connectivity index (χ1v) is 7.25. The van der Waals surface area contributed by atoms with Gasteiger partial charge in [-0.2, -0.15) is 0 Å². The number of hydrogen-bond acceptors (Lipinski definition) is 4. The van der Waals surface area contributed by atoms with E-state index in [4.69, 9.17) is 15.2 Å². The molecule has 0 aromatic heterocycles. The lowest BCUT2D eigenvalue weighted by Crippen LogP contribution is -2.29. The van der Waals surface area contributed by atoms with Gasteiger partial charge in [-0.15, -0.1) is 0 Å². The number of nitrogens with two attached hydrogens (primary N) is 1. The second-order valence-electron chi connectivity index (χ2n) is 4.80. The van der Waals surface area contributed by atoms with Crippen LogP contribution in [-0.4, -0.2) is 25.2 Å². The summed E-state index contributed by atoms with van der Waals surface area (Å²) in [6.07, 6.45) is 1.70. The van der Waals surface area contributed by atoms with Crippen molar-refractivity contribution >= 4 is 5.97 Å². The van der Waals surface area contributed by atoms with Crippen molar-refractivity contribution in [3.63, 3.8) is 0 Å². The number of ether oxygens (including phenoxy) is 2. The third-order valence-corrected chi connectivity index (χ3v) is 3.00. The maximum atomic E-state index is 11.9. The van der Waals surface area contributed by atoms with Gasteiger partial charge < -0.3 is 15.2 Å². The summed E-state index contributed by atoms with van der Waals surface area (Å²) in [4.78, 5) is 11.9. The second kappa shape index (κ2) is 8.59. The van der Waals surface area contributed by atoms with E-state index in [2.05, 4.69) is 6.07 Å². The van der Waals surface area contributed by atoms with E-state index in [1.165, 1.54) is 0 Å². The van der Waals surface area contributed by atoms with E-state index in [1.54, 1.807) is 6.92 Å². The molecule has 0 radical (unpaired) electrons. The molecule has 20 heavy (non-hydrogen) atoms. The van der Waals surface area contributed by atoms with Crippen LogP contribution in [0.2, 0.25) is 0 Å². The Balaban J connectivity index is 2.89. The first-order valence-electron chi connectivity index (χ1n) is 7.25. The van der Waals surface area contributed by atoms with Crippen LogP contribution in [0.4, 0.5) is 0 Å². The molecule has 0 fully saturated rings. The van der Waals surface area contributed by atoms with Crippen LogP contribution in [0.5, 0.6) is 5.75 Å². The highest BCUT2D eigenvalue weighted by Crippen LogP contribution is 2.23. The second-order valence-corrected chi connectivity index (χ2v) is 4.80. The average molecular weight is 279 g/mol. The summed E-state index contributed by atoms with van der Waals surface area (Å²) in [6.45, 7) is 6.76. The predicted octanol–water partition coefficient (Wildman–Crippen LogP) is 2.61. The molecule has 0 aliphatic heterocycles. The van der Waals surface area contributed by atoms with E-state index in [1.807, 2.05) is 26.0 Å². The molecule has 0 saturated carbocycles. The molecule has 4 heteroatoms. The van der Waals surface area contributed by atoms with Crippen LogP contribution in [0.15, 0.2) is 18.2 Å². The molecule has 1 aromatic carbocycles. The molecule has 0 saturated heterocycles. The lowest BCUT2D eigenvalue weighted by Gasteiger charge is -2.19. The van der Waals surface area contributed by atoms with Crippen molar-refractivity contribution < 1.29 is 14.3 Å². The van der Waals surface area contributed by atoms with Crippen LogP contribution in [-0.2, 0) is 16.0 Å². The standard InChI is InChI=1S/C16H25NO3/c1-4-6-15(16(18)19-5-2)20-14-8-7-12(3)11-13(14)9-10-17/h7-8,11,15H,4-6,9-10,17H2,1-3H3. The summed E-state index contributed by atoms with van der Waals surface area (Å²) in [5.74, 6) is 0.432. The minimum Gasteiger partial charge on any atom is -0.478 e. The Morgan fingerprint density at radius 3 is 2.70 bits per heavy atom. The Kier molecular flexibility index (Phi) is 7.09. The number of rotatable bonds is 8. The van der Waals surface area contributed by atoms with E-state index in [-0.39, 0.29) is 5.97 Å². The van der Waals surface area contributed by atoms with Crippen molar-refractivity contribution in [1.82, 2.24) is 0 Å². The Bertz CT molecular complexity index is 432. The molecule has 0 heterocycles. The molecule has 0 aliphatic rings. The van der Waals surface area contributed by atoms with Crippen molar-refractivity contribution in [3.8, 4) is 5.75 Å². The number of carbonyl (C=O) groups is 1. The number of benzene rings is 1. The molecule has 1 atom stereocenters. The molecule has 0 bridgehead atoms. The van der Waals surface area contributed by atoms with E-state index in [0.717, 1.165) is 29.7 Å². The zero-order valence-electron chi connectivity index (χ0n) is 12.6. The van der Waals surface area contributed by atoms with Gasteiger partial charge in [0.2, 0.25) is 0 Å². The Morgan fingerprint density at radius 2 is 2.10 bits per heavy atom. The Hall–Kier alpha value is -1.55. The molecule has 1 aromatic rings. The van der Waals surface area contributed by atoms with Gasteiger partial charge in [0.15, 0.2) is 6.10 Å². The first kappa shape index (κ1) is 16.5. The monoisotopic (exact) mass is 279 g/mol. The largest absolute Gasteiger partial charge is 0.478 e. The first-order chi connectivity index (χ1) is 9.62. The van der Waals surface area contributed by atoms with Crippen molar-refractivity contribution in [2.75, 3.05) is 13.2 Å². The lowest BCUT2D eigenvalue weighted by molar-refractivity contribution is -0.151. The van der Waals surface area contributed by atoms with Crippen LogP contribution in [0.1, 0.15) is 37.8 Å². The Morgan fingerprint density at radius 1 is 1.35 bits per heavy atom. The highest BCUT2D eigenvalue weighted by atomic mass is 16.6. The van der Waals surface area contributed by atoms with Gasteiger partial charge in [-0.25, -0.2) is 4.79 Å². The van der Waals surface area contributed by atoms with Gasteiger partial charge in [0.25, 0.3) is 0 Å². The Labute approximate surface area is 121 Å². The quantitative estimate of drug-likeness (QED) is 0.743. The normalized spacial score (nSPS) is 12.0. The third kappa shape index (κ3) is 4.85. The van der Waals surface area contributed by atoms with Crippen LogP contribution in [0.3, 0.4) is 0 Å². The predicted molar refractivity (Wildman–Crippen MR) is 79.9 cm³/mol. The van der Waals surface area contributed by atoms with Crippen LogP contribution in [0, 0.1) is 6.92 Å². The maximum absolute atomic E-state index is 11.9. The smallest absolute Gasteiger partial charge is 0.347 e. The topological polar surface area (TPSA) is 61.5 Å². The molecule has 2 N–H and O–H groups in total. The number of aryl methyl sites for hydroxylation is 1. The van der Waals surface area contributed by atoms with E-state index >= 15 is 0 Å². The molecule has 0 amide bonds. The summed E-state index contributed by atoms with van der Waals surface area (Å²) in [5.41, 5.74) is 7.83. The molecular weight excluding hydrogens is 254 g/mol. The van der Waals surface area contributed by atoms with Crippen molar-refractivity contribution in [2.45, 2.75) is 46.1 Å². The summed E-state index contributed by atoms with van der Waals surface area (Å²) in [7, 11) is 0. The molecular formula is C16H25NO3. The molecule has 0 spiro atoms. The highest BCUT2D eigenvalue weighted by Gasteiger charge is 2.21. The number of esters is 1. The minimum absolute atomic E-state index is 0.298. The SMILES string of the molecule is CCCC(Oc1ccc(C)cc1CCN)C(=O)OCC. The van der Waals surface area contributed by atoms with Gasteiger partial charge in [0.05, 0.1) is 6.61 Å². The van der Waals surface area contributed by atoms with Gasteiger partial charge in [-0.1, -0.05) is 31.0 Å². The van der Waals surface area contributed by atoms with E-state index in [0.29, 0.717) is 19.6 Å². The van der Waals surface area contributed by atoms with Crippen molar-refractivity contribution in [3.05, 3.63) is 29.3 Å². The lowest BCUT2D eigenvalue weighted by atomic mass is 10.1. The fraction of sp³-hybridized carbons (Fsp3) is 0.562. The third-order valence-electron chi connectivity index (χ3n) is 3.00. The fourth-order valence-electron chi connectivity index (χ4n) is 2.05. The summed E-state index contributed by atoms with van der Waals surface area (Å²) >= 11 is 0. The molecule has 1 rings (SSSR count). The van der Waals surface area contributed by atoms with Crippen LogP contribution < -0.4 is 10.5 Å². The molecule has 4 nitrogen and oxygen atoms in total.